The average molecular weight is 262 g/mol. The van der Waals surface area contributed by atoms with Crippen molar-refractivity contribution in [2.45, 2.75) is 38.9 Å². The predicted octanol–water partition coefficient (Wildman–Crippen LogP) is 3.72. The van der Waals surface area contributed by atoms with E-state index in [1.165, 1.54) is 15.6 Å². The molecular weight excluding hydrogens is 246 g/mol. The number of alkyl halides is 1. The number of aryl methyl sites for hydroxylation is 2. The predicted molar refractivity (Wildman–Crippen MR) is 62.8 cm³/mol. The highest BCUT2D eigenvalue weighted by atomic mass is 79.9. The van der Waals surface area contributed by atoms with Gasteiger partial charge in [0.15, 0.2) is 0 Å². The summed E-state index contributed by atoms with van der Waals surface area (Å²) in [5.41, 5.74) is 1.19. The molecule has 0 N–H and O–H groups in total. The van der Waals surface area contributed by atoms with Crippen LogP contribution in [0.3, 0.4) is 0 Å². The van der Waals surface area contributed by atoms with Crippen molar-refractivity contribution >= 4 is 27.3 Å². The number of hydrogen-bond donors (Lipinski definition) is 0. The van der Waals surface area contributed by atoms with Gasteiger partial charge in [-0.25, -0.2) is 4.98 Å². The molecule has 0 aliphatic carbocycles. The zero-order valence-electron chi connectivity index (χ0n) is 8.60. The lowest BCUT2D eigenvalue weighted by Crippen LogP contribution is -2.09. The van der Waals surface area contributed by atoms with Crippen molar-refractivity contribution < 1.29 is 0 Å². The van der Waals surface area contributed by atoms with Crippen molar-refractivity contribution in [2.24, 2.45) is 5.92 Å². The molecule has 74 valence electrons. The van der Waals surface area contributed by atoms with Gasteiger partial charge < -0.3 is 0 Å². The Morgan fingerprint density at radius 2 is 2.00 bits per heavy atom. The van der Waals surface area contributed by atoms with Crippen LogP contribution in [-0.2, 0) is 6.42 Å². The molecular formula is C10H16BrNS. The van der Waals surface area contributed by atoms with Gasteiger partial charge in [-0.05, 0) is 19.8 Å². The van der Waals surface area contributed by atoms with Crippen molar-refractivity contribution in [1.82, 2.24) is 4.98 Å². The summed E-state index contributed by atoms with van der Waals surface area (Å²) in [5.74, 6) is 0.657. The van der Waals surface area contributed by atoms with E-state index in [2.05, 4.69) is 48.6 Å². The Morgan fingerprint density at radius 3 is 2.38 bits per heavy atom. The van der Waals surface area contributed by atoms with Crippen LogP contribution >= 0.6 is 27.3 Å². The van der Waals surface area contributed by atoms with Crippen LogP contribution in [-0.4, -0.2) is 9.81 Å². The maximum Gasteiger partial charge on any atom is 0.0933 e. The number of nitrogens with zero attached hydrogens (tertiary/aromatic N) is 1. The summed E-state index contributed by atoms with van der Waals surface area (Å²) in [6.07, 6.45) is 1.09. The molecule has 0 spiro atoms. The fraction of sp³-hybridized carbons (Fsp3) is 0.700. The number of aromatic nitrogens is 1. The molecule has 1 heterocycles. The van der Waals surface area contributed by atoms with Crippen LogP contribution < -0.4 is 0 Å². The van der Waals surface area contributed by atoms with Gasteiger partial charge in [0.1, 0.15) is 0 Å². The molecule has 0 aromatic carbocycles. The van der Waals surface area contributed by atoms with Crippen molar-refractivity contribution in [1.29, 1.82) is 0 Å². The first-order valence-corrected chi connectivity index (χ1v) is 6.31. The standard InChI is InChI=1S/C10H16BrNS/c1-6(7(2)11)5-10-12-8(3)9(4)13-10/h6-7H,5H2,1-4H3. The maximum absolute atomic E-state index is 4.53. The van der Waals surface area contributed by atoms with E-state index in [0.29, 0.717) is 10.7 Å². The minimum atomic E-state index is 0.567. The van der Waals surface area contributed by atoms with Gasteiger partial charge >= 0.3 is 0 Å². The summed E-state index contributed by atoms with van der Waals surface area (Å²) in [4.78, 5) is 6.45. The van der Waals surface area contributed by atoms with Crippen LogP contribution in [0.25, 0.3) is 0 Å². The monoisotopic (exact) mass is 261 g/mol. The fourth-order valence-electron chi connectivity index (χ4n) is 1.06. The molecule has 0 fully saturated rings. The lowest BCUT2D eigenvalue weighted by atomic mass is 10.1. The Balaban J connectivity index is 2.64. The fourth-order valence-corrected chi connectivity index (χ4v) is 2.33. The molecule has 1 rings (SSSR count). The molecule has 1 nitrogen and oxygen atoms in total. The quantitative estimate of drug-likeness (QED) is 0.756. The van der Waals surface area contributed by atoms with E-state index < -0.39 is 0 Å². The van der Waals surface area contributed by atoms with Gasteiger partial charge in [0.2, 0.25) is 0 Å². The smallest absolute Gasteiger partial charge is 0.0933 e. The second-order valence-electron chi connectivity index (χ2n) is 3.61. The van der Waals surface area contributed by atoms with Crippen LogP contribution in [0.5, 0.6) is 0 Å². The Hall–Kier alpha value is 0.110. The maximum atomic E-state index is 4.53. The minimum absolute atomic E-state index is 0.567. The highest BCUT2D eigenvalue weighted by Crippen LogP contribution is 2.22. The van der Waals surface area contributed by atoms with E-state index in [-0.39, 0.29) is 0 Å². The molecule has 1 aromatic rings. The third-order valence-electron chi connectivity index (χ3n) is 2.35. The Labute approximate surface area is 92.7 Å². The van der Waals surface area contributed by atoms with E-state index in [1.54, 1.807) is 0 Å². The van der Waals surface area contributed by atoms with E-state index in [9.17, 15) is 0 Å². The second-order valence-corrected chi connectivity index (χ2v) is 6.34. The number of rotatable bonds is 3. The van der Waals surface area contributed by atoms with Crippen molar-refractivity contribution in [3.63, 3.8) is 0 Å². The van der Waals surface area contributed by atoms with E-state index >= 15 is 0 Å². The molecule has 3 heteroatoms. The van der Waals surface area contributed by atoms with Gasteiger partial charge in [-0.3, -0.25) is 0 Å². The Morgan fingerprint density at radius 1 is 1.38 bits per heavy atom. The number of halogens is 1. The number of hydrogen-bond acceptors (Lipinski definition) is 2. The summed E-state index contributed by atoms with van der Waals surface area (Å²) in [5, 5.41) is 1.27. The van der Waals surface area contributed by atoms with Gasteiger partial charge in [0.05, 0.1) is 10.7 Å². The van der Waals surface area contributed by atoms with Gasteiger partial charge in [-0.1, -0.05) is 29.8 Å². The van der Waals surface area contributed by atoms with Crippen molar-refractivity contribution in [3.8, 4) is 0 Å². The van der Waals surface area contributed by atoms with Gasteiger partial charge in [-0.15, -0.1) is 11.3 Å². The topological polar surface area (TPSA) is 12.9 Å². The lowest BCUT2D eigenvalue weighted by molar-refractivity contribution is 0.579. The van der Waals surface area contributed by atoms with Crippen LogP contribution in [0.4, 0.5) is 0 Å². The first kappa shape index (κ1) is 11.2. The van der Waals surface area contributed by atoms with Gasteiger partial charge in [0.25, 0.3) is 0 Å². The zero-order chi connectivity index (χ0) is 10.0. The lowest BCUT2D eigenvalue weighted by Gasteiger charge is -2.11. The minimum Gasteiger partial charge on any atom is -0.246 e. The summed E-state index contributed by atoms with van der Waals surface area (Å²) in [7, 11) is 0. The van der Waals surface area contributed by atoms with Crippen LogP contribution in [0, 0.1) is 19.8 Å². The largest absolute Gasteiger partial charge is 0.246 e. The molecule has 0 amide bonds. The molecule has 0 aliphatic rings. The summed E-state index contributed by atoms with van der Waals surface area (Å²) >= 11 is 5.43. The Kier molecular flexibility index (Phi) is 3.92. The van der Waals surface area contributed by atoms with E-state index in [4.69, 9.17) is 0 Å². The normalized spacial score (nSPS) is 15.8. The molecule has 0 saturated carbocycles. The van der Waals surface area contributed by atoms with Crippen molar-refractivity contribution in [2.75, 3.05) is 0 Å². The van der Waals surface area contributed by atoms with Crippen LogP contribution in [0.2, 0.25) is 0 Å². The van der Waals surface area contributed by atoms with Gasteiger partial charge in [0, 0.05) is 16.1 Å². The molecule has 2 atom stereocenters. The highest BCUT2D eigenvalue weighted by molar-refractivity contribution is 9.09. The molecule has 0 bridgehead atoms. The number of thiazole rings is 1. The van der Waals surface area contributed by atoms with Crippen LogP contribution in [0.15, 0.2) is 0 Å². The summed E-state index contributed by atoms with van der Waals surface area (Å²) in [6.45, 7) is 8.67. The SMILES string of the molecule is Cc1nc(CC(C)C(C)Br)sc1C. The summed E-state index contributed by atoms with van der Waals surface area (Å²) < 4.78 is 0. The molecule has 2 unspecified atom stereocenters. The molecule has 1 aromatic heterocycles. The molecule has 0 radical (unpaired) electrons. The second kappa shape index (κ2) is 4.56. The first-order valence-electron chi connectivity index (χ1n) is 4.57. The molecule has 0 aliphatic heterocycles. The first-order chi connectivity index (χ1) is 6.00. The third-order valence-corrected chi connectivity index (χ3v) is 4.35. The van der Waals surface area contributed by atoms with Crippen LogP contribution in [0.1, 0.15) is 29.4 Å². The van der Waals surface area contributed by atoms with E-state index in [1.807, 2.05) is 11.3 Å². The summed E-state index contributed by atoms with van der Waals surface area (Å²) in [6, 6.07) is 0. The molecule has 0 saturated heterocycles. The Bertz CT molecular complexity index is 261. The van der Waals surface area contributed by atoms with Crippen molar-refractivity contribution in [3.05, 3.63) is 15.6 Å². The molecule has 13 heavy (non-hydrogen) atoms. The van der Waals surface area contributed by atoms with Gasteiger partial charge in [-0.2, -0.15) is 0 Å². The van der Waals surface area contributed by atoms with E-state index in [0.717, 1.165) is 6.42 Å². The highest BCUT2D eigenvalue weighted by Gasteiger charge is 2.12. The zero-order valence-corrected chi connectivity index (χ0v) is 11.0. The third kappa shape index (κ3) is 3.06. The average Bonchev–Trinajstić information content (AvgIpc) is 2.31.